The van der Waals surface area contributed by atoms with Gasteiger partial charge < -0.3 is 24.8 Å². The SMILES string of the molecule is CC1=[C-]C(C)=C(C)C1.[Cl-].[Cl-].[Zr+4].c1ccc2[cH-]ccc2c1. The first-order chi connectivity index (χ1) is 8.16. The summed E-state index contributed by atoms with van der Waals surface area (Å²) < 4.78 is 0. The number of allylic oxidation sites excluding steroid dienone is 4. The molecule has 0 atom stereocenters. The van der Waals surface area contributed by atoms with E-state index in [9.17, 15) is 0 Å². The zero-order valence-corrected chi connectivity index (χ0v) is 16.0. The summed E-state index contributed by atoms with van der Waals surface area (Å²) in [4.78, 5) is 0. The zero-order chi connectivity index (χ0) is 12.3. The van der Waals surface area contributed by atoms with Crippen molar-refractivity contribution in [1.29, 1.82) is 0 Å². The Balaban J connectivity index is 0. The van der Waals surface area contributed by atoms with Crippen molar-refractivity contribution in [3.8, 4) is 0 Å². The zero-order valence-electron chi connectivity index (χ0n) is 12.0. The van der Waals surface area contributed by atoms with Gasteiger partial charge in [-0.2, -0.15) is 23.1 Å². The quantitative estimate of drug-likeness (QED) is 0.514. The van der Waals surface area contributed by atoms with Crippen molar-refractivity contribution in [1.82, 2.24) is 0 Å². The number of rotatable bonds is 0. The molecule has 1 aliphatic carbocycles. The van der Waals surface area contributed by atoms with Crippen LogP contribution in [0.2, 0.25) is 0 Å². The van der Waals surface area contributed by atoms with E-state index in [0.717, 1.165) is 6.42 Å². The Morgan fingerprint density at radius 3 is 2.10 bits per heavy atom. The van der Waals surface area contributed by atoms with Gasteiger partial charge in [-0.15, -0.1) is 36.6 Å². The second-order valence-electron chi connectivity index (χ2n) is 4.64. The second-order valence-corrected chi connectivity index (χ2v) is 4.64. The van der Waals surface area contributed by atoms with E-state index in [2.05, 4.69) is 69.3 Å². The molecule has 0 bridgehead atoms. The van der Waals surface area contributed by atoms with E-state index in [1.807, 2.05) is 0 Å². The average Bonchev–Trinajstić information content (AvgIpc) is 2.87. The molecule has 0 saturated heterocycles. The fourth-order valence-corrected chi connectivity index (χ4v) is 2.07. The van der Waals surface area contributed by atoms with Gasteiger partial charge in [0, 0.05) is 0 Å². The Hall–Kier alpha value is -0.227. The van der Waals surface area contributed by atoms with Gasteiger partial charge in [0.2, 0.25) is 0 Å². The van der Waals surface area contributed by atoms with Crippen LogP contribution in [0.1, 0.15) is 27.2 Å². The van der Waals surface area contributed by atoms with Gasteiger partial charge in [-0.05, 0) is 0 Å². The summed E-state index contributed by atoms with van der Waals surface area (Å²) >= 11 is 0. The molecule has 0 amide bonds. The van der Waals surface area contributed by atoms with E-state index in [4.69, 9.17) is 0 Å². The van der Waals surface area contributed by atoms with Gasteiger partial charge >= 0.3 is 26.2 Å². The Kier molecular flexibility index (Phi) is 11.6. The van der Waals surface area contributed by atoms with Crippen LogP contribution in [0.25, 0.3) is 10.8 Å². The maximum atomic E-state index is 3.26. The van der Waals surface area contributed by atoms with Crippen molar-refractivity contribution in [2.24, 2.45) is 0 Å². The fourth-order valence-electron chi connectivity index (χ4n) is 2.07. The summed E-state index contributed by atoms with van der Waals surface area (Å²) in [6.45, 7) is 6.41. The van der Waals surface area contributed by atoms with Crippen LogP contribution >= 0.6 is 0 Å². The summed E-state index contributed by atoms with van der Waals surface area (Å²) in [5.74, 6) is 0. The van der Waals surface area contributed by atoms with Crippen molar-refractivity contribution in [3.05, 3.63) is 65.3 Å². The molecular weight excluding hydrogens is 366 g/mol. The molecule has 0 fully saturated rings. The molecule has 20 heavy (non-hydrogen) atoms. The van der Waals surface area contributed by atoms with Crippen molar-refractivity contribution < 1.29 is 51.0 Å². The molecule has 0 radical (unpaired) electrons. The first-order valence-corrected chi connectivity index (χ1v) is 6.03. The Morgan fingerprint density at radius 2 is 1.65 bits per heavy atom. The molecule has 1 aliphatic rings. The van der Waals surface area contributed by atoms with Gasteiger partial charge in [-0.1, -0.05) is 26.3 Å². The number of halogens is 2. The third kappa shape index (κ3) is 6.04. The van der Waals surface area contributed by atoms with Gasteiger partial charge in [0.15, 0.2) is 0 Å². The minimum absolute atomic E-state index is 0. The van der Waals surface area contributed by atoms with Gasteiger partial charge in [-0.3, -0.25) is 0 Å². The van der Waals surface area contributed by atoms with Crippen LogP contribution in [0.15, 0.2) is 59.2 Å². The fraction of sp³-hybridized carbons (Fsp3) is 0.235. The molecule has 0 spiro atoms. The summed E-state index contributed by atoms with van der Waals surface area (Å²) in [5.41, 5.74) is 4.19. The summed E-state index contributed by atoms with van der Waals surface area (Å²) in [7, 11) is 0. The summed E-state index contributed by atoms with van der Waals surface area (Å²) in [6, 6.07) is 14.7. The Bertz CT molecular complexity index is 549. The summed E-state index contributed by atoms with van der Waals surface area (Å²) in [5, 5.41) is 2.66. The molecule has 0 heterocycles. The van der Waals surface area contributed by atoms with Gasteiger partial charge in [-0.25, -0.2) is 17.2 Å². The Morgan fingerprint density at radius 1 is 1.00 bits per heavy atom. The summed E-state index contributed by atoms with van der Waals surface area (Å²) in [6.07, 6.45) is 4.41. The van der Waals surface area contributed by atoms with Crippen LogP contribution in [0.4, 0.5) is 0 Å². The molecule has 2 aromatic rings. The first-order valence-electron chi connectivity index (χ1n) is 6.03. The van der Waals surface area contributed by atoms with Crippen molar-refractivity contribution in [2.75, 3.05) is 0 Å². The molecule has 0 nitrogen and oxygen atoms in total. The molecule has 0 aliphatic heterocycles. The molecule has 3 rings (SSSR count). The molecule has 0 saturated carbocycles. The second kappa shape index (κ2) is 10.5. The third-order valence-corrected chi connectivity index (χ3v) is 3.12. The molecule has 0 unspecified atom stereocenters. The van der Waals surface area contributed by atoms with Crippen molar-refractivity contribution in [3.63, 3.8) is 0 Å². The Labute approximate surface area is 153 Å². The van der Waals surface area contributed by atoms with E-state index in [0.29, 0.717) is 0 Å². The monoisotopic (exact) mass is 382 g/mol. The maximum absolute atomic E-state index is 3.26. The molecule has 2 aromatic carbocycles. The maximum Gasteiger partial charge on any atom is 4.00 e. The standard InChI is InChI=1S/C9H7.C8H11.2ClH.Zr/c1-2-5-9-7-3-6-8(9)4-1;1-6-4-7(2)8(3)5-6;;;/h1-7H;4H2,1-3H3;2*1H;/q2*-1;;;+4/p-2. The van der Waals surface area contributed by atoms with Crippen molar-refractivity contribution in [2.45, 2.75) is 27.2 Å². The van der Waals surface area contributed by atoms with Crippen LogP contribution in [-0.2, 0) is 26.2 Å². The van der Waals surface area contributed by atoms with E-state index >= 15 is 0 Å². The van der Waals surface area contributed by atoms with Crippen molar-refractivity contribution >= 4 is 10.8 Å². The van der Waals surface area contributed by atoms with E-state index in [1.54, 1.807) is 0 Å². The van der Waals surface area contributed by atoms with Crippen LogP contribution in [0, 0.1) is 6.08 Å². The predicted molar refractivity (Wildman–Crippen MR) is 75.0 cm³/mol. The molecular formula is C17H18Cl2Zr. The van der Waals surface area contributed by atoms with Crippen LogP contribution in [0.3, 0.4) is 0 Å². The smallest absolute Gasteiger partial charge is 1.00 e. The van der Waals surface area contributed by atoms with E-state index in [-0.39, 0.29) is 51.0 Å². The predicted octanol–water partition coefficient (Wildman–Crippen LogP) is -0.960. The average molecular weight is 384 g/mol. The van der Waals surface area contributed by atoms with Crippen LogP contribution in [0.5, 0.6) is 0 Å². The number of hydrogen-bond donors (Lipinski definition) is 0. The van der Waals surface area contributed by atoms with Gasteiger partial charge in [0.05, 0.1) is 0 Å². The largest absolute Gasteiger partial charge is 4.00 e. The van der Waals surface area contributed by atoms with Gasteiger partial charge in [0.1, 0.15) is 0 Å². The molecule has 104 valence electrons. The van der Waals surface area contributed by atoms with Crippen LogP contribution in [-0.4, -0.2) is 0 Å². The molecule has 3 heteroatoms. The topological polar surface area (TPSA) is 0 Å². The number of benzene rings is 1. The third-order valence-electron chi connectivity index (χ3n) is 3.12. The van der Waals surface area contributed by atoms with Gasteiger partial charge in [0.25, 0.3) is 0 Å². The first kappa shape index (κ1) is 22.1. The minimum Gasteiger partial charge on any atom is -1.00 e. The van der Waals surface area contributed by atoms with Crippen LogP contribution < -0.4 is 24.8 Å². The van der Waals surface area contributed by atoms with E-state index < -0.39 is 0 Å². The minimum atomic E-state index is 0. The number of fused-ring (bicyclic) bond motifs is 1. The van der Waals surface area contributed by atoms with E-state index in [1.165, 1.54) is 27.5 Å². The number of hydrogen-bond acceptors (Lipinski definition) is 0. The normalized spacial score (nSPS) is 12.4. The molecule has 0 aromatic heterocycles. The molecule has 0 N–H and O–H groups in total.